The van der Waals surface area contributed by atoms with Crippen LogP contribution in [0.1, 0.15) is 11.1 Å². The summed E-state index contributed by atoms with van der Waals surface area (Å²) in [7, 11) is 0. The molecule has 2 rings (SSSR count). The number of pyridine rings is 1. The van der Waals surface area contributed by atoms with Crippen molar-refractivity contribution in [3.63, 3.8) is 0 Å². The Morgan fingerprint density at radius 2 is 2.21 bits per heavy atom. The Morgan fingerprint density at radius 1 is 1.37 bits per heavy atom. The third-order valence-electron chi connectivity index (χ3n) is 2.59. The third kappa shape index (κ3) is 3.91. The van der Waals surface area contributed by atoms with Crippen LogP contribution in [0.2, 0.25) is 5.02 Å². The van der Waals surface area contributed by atoms with E-state index in [0.717, 1.165) is 17.5 Å². The van der Waals surface area contributed by atoms with E-state index in [0.29, 0.717) is 22.4 Å². The van der Waals surface area contributed by atoms with E-state index < -0.39 is 0 Å². The first kappa shape index (κ1) is 13.8. The van der Waals surface area contributed by atoms with Crippen LogP contribution < -0.4 is 10.5 Å². The summed E-state index contributed by atoms with van der Waals surface area (Å²) < 4.78 is 5.63. The number of benzene rings is 1. The molecule has 3 nitrogen and oxygen atoms in total. The molecule has 0 aliphatic carbocycles. The molecule has 0 spiro atoms. The summed E-state index contributed by atoms with van der Waals surface area (Å²) in [5.41, 5.74) is 7.39. The zero-order valence-corrected chi connectivity index (χ0v) is 11.7. The van der Waals surface area contributed by atoms with Gasteiger partial charge in [-0.1, -0.05) is 29.9 Å². The van der Waals surface area contributed by atoms with Crippen LogP contribution in [-0.4, -0.2) is 16.6 Å². The number of hydrogen-bond donors (Lipinski definition) is 1. The Kier molecular flexibility index (Phi) is 4.71. The maximum Gasteiger partial charge on any atom is 0.137 e. The fourth-order valence-corrected chi connectivity index (χ4v) is 1.96. The van der Waals surface area contributed by atoms with Crippen LogP contribution in [0, 0.1) is 0 Å². The fraction of sp³-hybridized carbons (Fsp3) is 0.143. The van der Waals surface area contributed by atoms with Gasteiger partial charge in [-0.15, -0.1) is 0 Å². The highest BCUT2D eigenvalue weighted by atomic mass is 35.5. The SMILES string of the molecule is NC(=S)c1ccc(OCCc2cccnc2)c(Cl)c1. The molecule has 0 bridgehead atoms. The van der Waals surface area contributed by atoms with Gasteiger partial charge in [0.15, 0.2) is 0 Å². The number of nitrogens with zero attached hydrogens (tertiary/aromatic N) is 1. The Bertz CT molecular complexity index is 575. The second-order valence-corrected chi connectivity index (χ2v) is 4.82. The van der Waals surface area contributed by atoms with Gasteiger partial charge in [-0.05, 0) is 29.8 Å². The lowest BCUT2D eigenvalue weighted by Gasteiger charge is -2.09. The Balaban J connectivity index is 1.95. The van der Waals surface area contributed by atoms with Crippen molar-refractivity contribution in [2.75, 3.05) is 6.61 Å². The van der Waals surface area contributed by atoms with E-state index in [1.54, 1.807) is 24.4 Å². The molecule has 1 aromatic heterocycles. The van der Waals surface area contributed by atoms with Gasteiger partial charge in [-0.25, -0.2) is 0 Å². The van der Waals surface area contributed by atoms with Gasteiger partial charge in [0.2, 0.25) is 0 Å². The molecule has 0 unspecified atom stereocenters. The van der Waals surface area contributed by atoms with Gasteiger partial charge < -0.3 is 10.5 Å². The van der Waals surface area contributed by atoms with Gasteiger partial charge in [0.1, 0.15) is 10.7 Å². The smallest absolute Gasteiger partial charge is 0.137 e. The van der Waals surface area contributed by atoms with E-state index in [4.69, 9.17) is 34.3 Å². The number of thiocarbonyl (C=S) groups is 1. The summed E-state index contributed by atoms with van der Waals surface area (Å²) in [6.07, 6.45) is 4.35. The minimum absolute atomic E-state index is 0.323. The molecule has 98 valence electrons. The molecule has 0 saturated carbocycles. The Hall–Kier alpha value is -1.65. The molecule has 0 fully saturated rings. The summed E-state index contributed by atoms with van der Waals surface area (Å²) >= 11 is 11.0. The highest BCUT2D eigenvalue weighted by molar-refractivity contribution is 7.80. The van der Waals surface area contributed by atoms with Crippen molar-refractivity contribution >= 4 is 28.8 Å². The Morgan fingerprint density at radius 3 is 2.84 bits per heavy atom. The number of halogens is 1. The molecular weight excluding hydrogens is 280 g/mol. The van der Waals surface area contributed by atoms with Crippen LogP contribution >= 0.6 is 23.8 Å². The van der Waals surface area contributed by atoms with E-state index in [1.165, 1.54) is 0 Å². The van der Waals surface area contributed by atoms with Crippen LogP contribution in [0.15, 0.2) is 42.7 Å². The molecule has 0 aliphatic heterocycles. The van der Waals surface area contributed by atoms with Gasteiger partial charge in [-0.2, -0.15) is 0 Å². The fourth-order valence-electron chi connectivity index (χ4n) is 1.60. The van der Waals surface area contributed by atoms with Crippen molar-refractivity contribution in [3.8, 4) is 5.75 Å². The van der Waals surface area contributed by atoms with Gasteiger partial charge in [-0.3, -0.25) is 4.98 Å². The molecule has 0 aliphatic rings. The lowest BCUT2D eigenvalue weighted by molar-refractivity contribution is 0.322. The predicted molar refractivity (Wildman–Crippen MR) is 80.8 cm³/mol. The third-order valence-corrected chi connectivity index (χ3v) is 3.12. The maximum absolute atomic E-state index is 6.10. The van der Waals surface area contributed by atoms with Crippen LogP contribution in [0.4, 0.5) is 0 Å². The van der Waals surface area contributed by atoms with Crippen LogP contribution in [0.3, 0.4) is 0 Å². The van der Waals surface area contributed by atoms with Crippen LogP contribution in [0.5, 0.6) is 5.75 Å². The molecule has 0 saturated heterocycles. The lowest BCUT2D eigenvalue weighted by atomic mass is 10.2. The molecule has 1 heterocycles. The van der Waals surface area contributed by atoms with Gasteiger partial charge in [0.05, 0.1) is 11.6 Å². The first-order chi connectivity index (χ1) is 9.16. The molecule has 2 aromatic rings. The Labute approximate surface area is 122 Å². The molecule has 1 aromatic carbocycles. The highest BCUT2D eigenvalue weighted by Gasteiger charge is 2.04. The number of ether oxygens (including phenoxy) is 1. The standard InChI is InChI=1S/C14H13ClN2OS/c15-12-8-11(14(16)19)3-4-13(12)18-7-5-10-2-1-6-17-9-10/h1-4,6,8-9H,5,7H2,(H2,16,19). The summed E-state index contributed by atoms with van der Waals surface area (Å²) in [6.45, 7) is 0.540. The van der Waals surface area contributed by atoms with Crippen molar-refractivity contribution in [3.05, 3.63) is 58.9 Å². The lowest BCUT2D eigenvalue weighted by Crippen LogP contribution is -2.09. The number of nitrogens with two attached hydrogens (primary N) is 1. The van der Waals surface area contributed by atoms with Gasteiger partial charge >= 0.3 is 0 Å². The summed E-state index contributed by atoms with van der Waals surface area (Å²) in [6, 6.07) is 9.20. The molecule has 0 atom stereocenters. The largest absolute Gasteiger partial charge is 0.492 e. The van der Waals surface area contributed by atoms with Gasteiger partial charge in [0, 0.05) is 24.4 Å². The van der Waals surface area contributed by atoms with Crippen molar-refractivity contribution in [2.24, 2.45) is 5.73 Å². The quantitative estimate of drug-likeness (QED) is 0.861. The van der Waals surface area contributed by atoms with E-state index in [-0.39, 0.29) is 0 Å². The maximum atomic E-state index is 6.10. The topological polar surface area (TPSA) is 48.1 Å². The van der Waals surface area contributed by atoms with E-state index in [2.05, 4.69) is 4.98 Å². The second kappa shape index (κ2) is 6.50. The summed E-state index contributed by atoms with van der Waals surface area (Å²) in [5, 5.41) is 0.511. The first-order valence-corrected chi connectivity index (χ1v) is 6.56. The van der Waals surface area contributed by atoms with Crippen molar-refractivity contribution in [1.29, 1.82) is 0 Å². The number of hydrogen-bond acceptors (Lipinski definition) is 3. The van der Waals surface area contributed by atoms with Crippen molar-refractivity contribution in [2.45, 2.75) is 6.42 Å². The molecule has 2 N–H and O–H groups in total. The molecule has 0 amide bonds. The van der Waals surface area contributed by atoms with Gasteiger partial charge in [0.25, 0.3) is 0 Å². The zero-order chi connectivity index (χ0) is 13.7. The zero-order valence-electron chi connectivity index (χ0n) is 10.2. The molecule has 5 heteroatoms. The minimum atomic E-state index is 0.323. The molecular formula is C14H13ClN2OS. The van der Waals surface area contributed by atoms with E-state index in [9.17, 15) is 0 Å². The predicted octanol–water partition coefficient (Wildman–Crippen LogP) is 2.99. The molecule has 19 heavy (non-hydrogen) atoms. The average Bonchev–Trinajstić information content (AvgIpc) is 2.41. The summed E-state index contributed by atoms with van der Waals surface area (Å²) in [4.78, 5) is 4.37. The first-order valence-electron chi connectivity index (χ1n) is 5.78. The number of rotatable bonds is 5. The normalized spacial score (nSPS) is 10.2. The average molecular weight is 293 g/mol. The molecule has 0 radical (unpaired) electrons. The van der Waals surface area contributed by atoms with Crippen LogP contribution in [-0.2, 0) is 6.42 Å². The van der Waals surface area contributed by atoms with E-state index >= 15 is 0 Å². The van der Waals surface area contributed by atoms with Crippen molar-refractivity contribution in [1.82, 2.24) is 4.98 Å². The highest BCUT2D eigenvalue weighted by Crippen LogP contribution is 2.25. The van der Waals surface area contributed by atoms with Crippen molar-refractivity contribution < 1.29 is 4.74 Å². The number of aromatic nitrogens is 1. The summed E-state index contributed by atoms with van der Waals surface area (Å²) in [5.74, 6) is 0.630. The second-order valence-electron chi connectivity index (χ2n) is 3.97. The van der Waals surface area contributed by atoms with E-state index in [1.807, 2.05) is 18.3 Å². The monoisotopic (exact) mass is 292 g/mol. The minimum Gasteiger partial charge on any atom is -0.492 e. The van der Waals surface area contributed by atoms with Crippen LogP contribution in [0.25, 0.3) is 0 Å².